The van der Waals surface area contributed by atoms with E-state index in [1.165, 1.54) is 6.07 Å². The van der Waals surface area contributed by atoms with Gasteiger partial charge in [-0.15, -0.1) is 0 Å². The molecule has 1 aliphatic rings. The zero-order valence-corrected chi connectivity index (χ0v) is 18.3. The van der Waals surface area contributed by atoms with Crippen LogP contribution in [0, 0.1) is 11.6 Å². The van der Waals surface area contributed by atoms with E-state index in [-0.39, 0.29) is 12.1 Å². The lowest BCUT2D eigenvalue weighted by Crippen LogP contribution is -2.27. The molecule has 0 radical (unpaired) electrons. The van der Waals surface area contributed by atoms with Crippen molar-refractivity contribution in [1.82, 2.24) is 25.1 Å². The molecule has 2 aromatic heterocycles. The van der Waals surface area contributed by atoms with Gasteiger partial charge in [-0.25, -0.2) is 23.4 Å². The number of hydrogen-bond acceptors (Lipinski definition) is 6. The molecule has 164 valence electrons. The first-order valence-electron chi connectivity index (χ1n) is 10.3. The second-order valence-electron chi connectivity index (χ2n) is 7.68. The molecular weight excluding hydrogens is 422 g/mol. The Bertz CT molecular complexity index is 1100. The van der Waals surface area contributed by atoms with Crippen LogP contribution in [0.25, 0.3) is 11.0 Å². The number of thioether (sulfide) groups is 1. The van der Waals surface area contributed by atoms with Gasteiger partial charge in [0.1, 0.15) is 5.82 Å². The summed E-state index contributed by atoms with van der Waals surface area (Å²) in [7, 11) is 0. The topological polar surface area (TPSA) is 75.9 Å². The summed E-state index contributed by atoms with van der Waals surface area (Å²) in [6.45, 7) is 6.78. The molecule has 3 heterocycles. The highest BCUT2D eigenvalue weighted by atomic mass is 32.2. The molecule has 0 bridgehead atoms. The molecule has 0 aliphatic carbocycles. The van der Waals surface area contributed by atoms with E-state index in [1.54, 1.807) is 22.6 Å². The Morgan fingerprint density at radius 3 is 2.68 bits per heavy atom. The zero-order chi connectivity index (χ0) is 22.0. The highest BCUT2D eigenvalue weighted by Gasteiger charge is 2.21. The number of amides is 1. The van der Waals surface area contributed by atoms with Crippen LogP contribution >= 0.6 is 11.8 Å². The number of hydrogen-bond donors (Lipinski definition) is 1. The molecule has 3 aromatic rings. The fourth-order valence-corrected chi connectivity index (χ4v) is 4.23. The van der Waals surface area contributed by atoms with E-state index < -0.39 is 17.5 Å². The Morgan fingerprint density at radius 1 is 1.19 bits per heavy atom. The number of rotatable bonds is 7. The third-order valence-electron chi connectivity index (χ3n) is 4.99. The maximum absolute atomic E-state index is 13.4. The summed E-state index contributed by atoms with van der Waals surface area (Å²) in [5.41, 5.74) is 0.792. The number of aromatic nitrogens is 4. The minimum atomic E-state index is -1.05. The number of nitrogens with one attached hydrogen (secondary N) is 1. The number of benzene rings is 1. The quantitative estimate of drug-likeness (QED) is 0.441. The fraction of sp³-hybridized carbons (Fsp3) is 0.429. The zero-order valence-electron chi connectivity index (χ0n) is 17.4. The van der Waals surface area contributed by atoms with Crippen molar-refractivity contribution < 1.29 is 13.6 Å². The van der Waals surface area contributed by atoms with Gasteiger partial charge in [0.05, 0.1) is 18.1 Å². The van der Waals surface area contributed by atoms with Gasteiger partial charge in [-0.05, 0) is 31.0 Å². The largest absolute Gasteiger partial charge is 0.356 e. The van der Waals surface area contributed by atoms with Crippen LogP contribution in [0.4, 0.5) is 14.6 Å². The van der Waals surface area contributed by atoms with Crippen molar-refractivity contribution >= 4 is 34.5 Å². The van der Waals surface area contributed by atoms with Crippen molar-refractivity contribution in [2.45, 2.75) is 43.6 Å². The lowest BCUT2D eigenvalue weighted by atomic mass is 10.2. The predicted molar refractivity (Wildman–Crippen MR) is 116 cm³/mol. The van der Waals surface area contributed by atoms with E-state index in [1.807, 2.05) is 0 Å². The molecule has 7 nitrogen and oxygen atoms in total. The maximum atomic E-state index is 13.4. The minimum Gasteiger partial charge on any atom is -0.356 e. The molecule has 31 heavy (non-hydrogen) atoms. The molecule has 1 saturated heterocycles. The molecule has 10 heteroatoms. The third kappa shape index (κ3) is 4.79. The Balaban J connectivity index is 1.52. The van der Waals surface area contributed by atoms with Gasteiger partial charge in [-0.2, -0.15) is 5.10 Å². The third-order valence-corrected chi connectivity index (χ3v) is 5.86. The van der Waals surface area contributed by atoms with Crippen molar-refractivity contribution in [2.75, 3.05) is 24.5 Å². The van der Waals surface area contributed by atoms with Gasteiger partial charge >= 0.3 is 0 Å². The molecule has 1 N–H and O–H groups in total. The van der Waals surface area contributed by atoms with Gasteiger partial charge in [0.15, 0.2) is 22.4 Å². The van der Waals surface area contributed by atoms with E-state index in [9.17, 15) is 13.6 Å². The summed E-state index contributed by atoms with van der Waals surface area (Å²) in [5, 5.41) is 9.12. The SMILES string of the molecule is CC(C)Sc1nc(N2CCCC2)c2cnn(CCNC(=O)c3ccc(F)c(F)c3)c2n1. The predicted octanol–water partition coefficient (Wildman–Crippen LogP) is 3.64. The van der Waals surface area contributed by atoms with Gasteiger partial charge in [-0.3, -0.25) is 4.79 Å². The summed E-state index contributed by atoms with van der Waals surface area (Å²) in [5.74, 6) is -1.60. The normalized spacial score (nSPS) is 14.0. The highest BCUT2D eigenvalue weighted by Crippen LogP contribution is 2.30. The average Bonchev–Trinajstić information content (AvgIpc) is 3.39. The van der Waals surface area contributed by atoms with E-state index in [4.69, 9.17) is 9.97 Å². The number of carbonyl (C=O) groups is 1. The van der Waals surface area contributed by atoms with Crippen LogP contribution in [0.5, 0.6) is 0 Å². The molecular formula is C21H24F2N6OS. The van der Waals surface area contributed by atoms with Crippen LogP contribution in [-0.2, 0) is 6.54 Å². The van der Waals surface area contributed by atoms with Gasteiger partial charge in [0.2, 0.25) is 0 Å². The summed E-state index contributed by atoms with van der Waals surface area (Å²) in [6.07, 6.45) is 4.05. The second-order valence-corrected chi connectivity index (χ2v) is 9.22. The van der Waals surface area contributed by atoms with Gasteiger partial charge in [-0.1, -0.05) is 25.6 Å². The maximum Gasteiger partial charge on any atom is 0.251 e. The van der Waals surface area contributed by atoms with E-state index in [2.05, 4.69) is 29.2 Å². The van der Waals surface area contributed by atoms with E-state index >= 15 is 0 Å². The molecule has 1 amide bonds. The summed E-state index contributed by atoms with van der Waals surface area (Å²) < 4.78 is 28.2. The number of carbonyl (C=O) groups excluding carboxylic acids is 1. The molecule has 1 aliphatic heterocycles. The van der Waals surface area contributed by atoms with Crippen molar-refractivity contribution in [3.63, 3.8) is 0 Å². The number of fused-ring (bicyclic) bond motifs is 1. The Morgan fingerprint density at radius 2 is 1.97 bits per heavy atom. The first-order chi connectivity index (χ1) is 14.9. The molecule has 1 fully saturated rings. The highest BCUT2D eigenvalue weighted by molar-refractivity contribution is 7.99. The van der Waals surface area contributed by atoms with Crippen LogP contribution in [0.2, 0.25) is 0 Å². The molecule has 0 spiro atoms. The standard InChI is InChI=1S/C21H24F2N6OS/c1-13(2)31-21-26-18(28-8-3-4-9-28)15-12-25-29(19(15)27-21)10-7-24-20(30)14-5-6-16(22)17(23)11-14/h5-6,11-13H,3-4,7-10H2,1-2H3,(H,24,30). The molecule has 0 unspecified atom stereocenters. The second kappa shape index (κ2) is 9.17. The smallest absolute Gasteiger partial charge is 0.251 e. The monoisotopic (exact) mass is 446 g/mol. The Hall–Kier alpha value is -2.75. The van der Waals surface area contributed by atoms with Crippen molar-refractivity contribution in [3.05, 3.63) is 41.6 Å². The lowest BCUT2D eigenvalue weighted by Gasteiger charge is -2.18. The number of halogens is 2. The minimum absolute atomic E-state index is 0.0680. The number of anilines is 1. The summed E-state index contributed by atoms with van der Waals surface area (Å²) in [6, 6.07) is 3.08. The van der Waals surface area contributed by atoms with Crippen LogP contribution in [-0.4, -0.2) is 50.5 Å². The van der Waals surface area contributed by atoms with Crippen LogP contribution in [0.3, 0.4) is 0 Å². The van der Waals surface area contributed by atoms with Crippen LogP contribution < -0.4 is 10.2 Å². The lowest BCUT2D eigenvalue weighted by molar-refractivity contribution is 0.0951. The van der Waals surface area contributed by atoms with Crippen molar-refractivity contribution in [1.29, 1.82) is 0 Å². The first kappa shape index (κ1) is 21.5. The van der Waals surface area contributed by atoms with Gasteiger partial charge < -0.3 is 10.2 Å². The van der Waals surface area contributed by atoms with Gasteiger partial charge in [0, 0.05) is 30.4 Å². The number of nitrogens with zero attached hydrogens (tertiary/aromatic N) is 5. The van der Waals surface area contributed by atoms with E-state index in [0.29, 0.717) is 17.0 Å². The first-order valence-corrected chi connectivity index (χ1v) is 11.2. The van der Waals surface area contributed by atoms with Gasteiger partial charge in [0.25, 0.3) is 5.91 Å². The molecule has 0 atom stereocenters. The van der Waals surface area contributed by atoms with Crippen molar-refractivity contribution in [2.24, 2.45) is 0 Å². The van der Waals surface area contributed by atoms with Crippen LogP contribution in [0.15, 0.2) is 29.6 Å². The fourth-order valence-electron chi connectivity index (χ4n) is 3.53. The van der Waals surface area contributed by atoms with E-state index in [0.717, 1.165) is 54.9 Å². The molecule has 4 rings (SSSR count). The summed E-state index contributed by atoms with van der Waals surface area (Å²) in [4.78, 5) is 24.0. The Labute approximate surface area is 183 Å². The molecule has 0 saturated carbocycles. The Kier molecular flexibility index (Phi) is 6.35. The van der Waals surface area contributed by atoms with Crippen LogP contribution in [0.1, 0.15) is 37.0 Å². The van der Waals surface area contributed by atoms with Crippen molar-refractivity contribution in [3.8, 4) is 0 Å². The molecule has 1 aromatic carbocycles. The summed E-state index contributed by atoms with van der Waals surface area (Å²) >= 11 is 1.60. The average molecular weight is 447 g/mol.